The summed E-state index contributed by atoms with van der Waals surface area (Å²) in [6.07, 6.45) is 4.58. The van der Waals surface area contributed by atoms with Gasteiger partial charge in [-0.05, 0) is 54.8 Å². The highest BCUT2D eigenvalue weighted by molar-refractivity contribution is 9.10. The molecule has 2 aliphatic rings. The zero-order valence-corrected chi connectivity index (χ0v) is 23.2. The van der Waals surface area contributed by atoms with E-state index in [1.807, 2.05) is 13.8 Å². The van der Waals surface area contributed by atoms with Crippen LogP contribution in [-0.2, 0) is 0 Å². The van der Waals surface area contributed by atoms with Crippen LogP contribution in [-0.4, -0.2) is 75.8 Å². The van der Waals surface area contributed by atoms with Gasteiger partial charge in [0.05, 0.1) is 16.1 Å². The van der Waals surface area contributed by atoms with E-state index in [4.69, 9.17) is 0 Å². The lowest BCUT2D eigenvalue weighted by atomic mass is 10.0. The van der Waals surface area contributed by atoms with Crippen molar-refractivity contribution in [3.05, 3.63) is 60.8 Å². The second kappa shape index (κ2) is 11.2. The molecule has 3 atom stereocenters. The van der Waals surface area contributed by atoms with Crippen LogP contribution >= 0.6 is 31.9 Å². The summed E-state index contributed by atoms with van der Waals surface area (Å²) in [5.74, 6) is -0.410. The lowest BCUT2D eigenvalue weighted by Crippen LogP contribution is -2.56. The van der Waals surface area contributed by atoms with Gasteiger partial charge in [-0.2, -0.15) is 0 Å². The zero-order chi connectivity index (χ0) is 26.0. The van der Waals surface area contributed by atoms with E-state index in [9.17, 15) is 19.7 Å². The summed E-state index contributed by atoms with van der Waals surface area (Å²) < 4.78 is 1.17. The summed E-state index contributed by atoms with van der Waals surface area (Å²) in [5, 5.41) is 18.7. The Balaban J connectivity index is 1.61. The lowest BCUT2D eigenvalue weighted by molar-refractivity contribution is -0.384. The molecular formula is C24H28Br2N6O4. The molecule has 10 nitrogen and oxygen atoms in total. The van der Waals surface area contributed by atoms with E-state index < -0.39 is 4.92 Å². The Morgan fingerprint density at radius 2 is 1.78 bits per heavy atom. The van der Waals surface area contributed by atoms with E-state index in [-0.39, 0.29) is 46.9 Å². The van der Waals surface area contributed by atoms with E-state index in [0.29, 0.717) is 47.1 Å². The minimum absolute atomic E-state index is 0.113. The molecule has 1 aromatic heterocycles. The number of benzene rings is 1. The number of rotatable bonds is 5. The molecule has 2 amide bonds. The highest BCUT2D eigenvalue weighted by Crippen LogP contribution is 2.35. The normalized spacial score (nSPS) is 22.3. The average Bonchev–Trinajstić information content (AvgIpc) is 2.83. The van der Waals surface area contributed by atoms with Crippen LogP contribution in [0.2, 0.25) is 0 Å². The van der Waals surface area contributed by atoms with Crippen molar-refractivity contribution >= 4 is 55.0 Å². The van der Waals surface area contributed by atoms with E-state index in [0.717, 1.165) is 6.42 Å². The number of nitro groups is 1. The van der Waals surface area contributed by atoms with Crippen LogP contribution in [0.25, 0.3) is 0 Å². The maximum atomic E-state index is 13.6. The molecule has 12 heteroatoms. The minimum Gasteiger partial charge on any atom is -0.374 e. The Bertz CT molecular complexity index is 1170. The summed E-state index contributed by atoms with van der Waals surface area (Å²) in [5.41, 5.74) is 0.730. The second-order valence-electron chi connectivity index (χ2n) is 9.41. The van der Waals surface area contributed by atoms with Gasteiger partial charge < -0.3 is 20.4 Å². The number of carbonyl (C=O) groups is 2. The molecule has 192 valence electrons. The number of hydrogen-bond acceptors (Lipinski definition) is 7. The SMILES string of the molecule is C[C@@H]1CN(C(=O)c2cc(Br)cc([N+](=O)[O-])c2N[C@@H]2CCCN(C(=O)c3cncc(Br)c3)C2)C[C@H](C)N1. The van der Waals surface area contributed by atoms with Gasteiger partial charge in [0.2, 0.25) is 0 Å². The molecule has 1 aromatic carbocycles. The first-order chi connectivity index (χ1) is 17.1. The smallest absolute Gasteiger partial charge is 0.294 e. The zero-order valence-electron chi connectivity index (χ0n) is 20.0. The molecule has 0 radical (unpaired) electrons. The lowest BCUT2D eigenvalue weighted by Gasteiger charge is -2.37. The van der Waals surface area contributed by atoms with Crippen LogP contribution in [0.1, 0.15) is 47.4 Å². The molecule has 0 aliphatic carbocycles. The number of nitrogens with one attached hydrogen (secondary N) is 2. The van der Waals surface area contributed by atoms with Crippen LogP contribution in [0, 0.1) is 10.1 Å². The van der Waals surface area contributed by atoms with Gasteiger partial charge in [-0.3, -0.25) is 24.7 Å². The van der Waals surface area contributed by atoms with Gasteiger partial charge in [0.25, 0.3) is 17.5 Å². The van der Waals surface area contributed by atoms with E-state index in [1.165, 1.54) is 12.3 Å². The molecule has 0 unspecified atom stereocenters. The molecule has 3 heterocycles. The Morgan fingerprint density at radius 3 is 2.44 bits per heavy atom. The van der Waals surface area contributed by atoms with Crippen molar-refractivity contribution < 1.29 is 14.5 Å². The van der Waals surface area contributed by atoms with Crippen LogP contribution in [0.15, 0.2) is 39.5 Å². The molecule has 4 rings (SSSR count). The highest BCUT2D eigenvalue weighted by Gasteiger charge is 2.33. The number of likely N-dealkylation sites (tertiary alicyclic amines) is 1. The third-order valence-corrected chi connectivity index (χ3v) is 7.25. The van der Waals surface area contributed by atoms with Gasteiger partial charge in [-0.25, -0.2) is 0 Å². The van der Waals surface area contributed by atoms with Crippen molar-refractivity contribution in [2.45, 2.75) is 44.8 Å². The number of carbonyl (C=O) groups excluding carboxylic acids is 2. The number of pyridine rings is 1. The largest absolute Gasteiger partial charge is 0.374 e. The summed E-state index contributed by atoms with van der Waals surface area (Å²) in [4.78, 5) is 45.7. The predicted octanol–water partition coefficient (Wildman–Crippen LogP) is 4.05. The monoisotopic (exact) mass is 622 g/mol. The molecule has 36 heavy (non-hydrogen) atoms. The topological polar surface area (TPSA) is 121 Å². The van der Waals surface area contributed by atoms with Gasteiger partial charge in [-0.15, -0.1) is 0 Å². The molecule has 0 saturated carbocycles. The van der Waals surface area contributed by atoms with Crippen LogP contribution in [0.4, 0.5) is 11.4 Å². The second-order valence-corrected chi connectivity index (χ2v) is 11.2. The Morgan fingerprint density at radius 1 is 1.06 bits per heavy atom. The fraction of sp³-hybridized carbons (Fsp3) is 0.458. The molecule has 2 aromatic rings. The summed E-state index contributed by atoms with van der Waals surface area (Å²) in [6.45, 7) is 5.96. The molecule has 0 spiro atoms. The van der Waals surface area contributed by atoms with Gasteiger partial charge in [-0.1, -0.05) is 15.9 Å². The Labute approximate surface area is 226 Å². The first-order valence-electron chi connectivity index (χ1n) is 11.8. The molecule has 0 bridgehead atoms. The number of amides is 2. The summed E-state index contributed by atoms with van der Waals surface area (Å²) in [7, 11) is 0. The number of nitro benzene ring substituents is 1. The standard InChI is InChI=1S/C24H28Br2N6O4/c1-14-11-31(12-15(2)28-14)24(34)20-7-17(25)8-21(32(35)36)22(20)29-19-4-3-5-30(13-19)23(33)16-6-18(26)10-27-9-16/h6-10,14-15,19,28-29H,3-5,11-13H2,1-2H3/t14-,15+,19-/m1/s1. The van der Waals surface area contributed by atoms with Crippen molar-refractivity contribution in [2.75, 3.05) is 31.5 Å². The van der Waals surface area contributed by atoms with Crippen molar-refractivity contribution in [3.8, 4) is 0 Å². The molecule has 2 fully saturated rings. The van der Waals surface area contributed by atoms with Crippen molar-refractivity contribution in [1.82, 2.24) is 20.1 Å². The van der Waals surface area contributed by atoms with Gasteiger partial charge in [0.15, 0.2) is 0 Å². The number of aromatic nitrogens is 1. The Hall–Kier alpha value is -2.57. The summed E-state index contributed by atoms with van der Waals surface area (Å²) in [6, 6.07) is 4.73. The minimum atomic E-state index is -0.480. The molecule has 2 saturated heterocycles. The molecule has 2 N–H and O–H groups in total. The van der Waals surface area contributed by atoms with Gasteiger partial charge in [0.1, 0.15) is 5.69 Å². The van der Waals surface area contributed by atoms with E-state index in [1.54, 1.807) is 28.1 Å². The fourth-order valence-corrected chi connectivity index (χ4v) is 5.73. The fourth-order valence-electron chi connectivity index (χ4n) is 4.91. The number of anilines is 1. The van der Waals surface area contributed by atoms with Crippen molar-refractivity contribution in [3.63, 3.8) is 0 Å². The van der Waals surface area contributed by atoms with E-state index in [2.05, 4.69) is 47.5 Å². The van der Waals surface area contributed by atoms with Gasteiger partial charge in [0, 0.05) is 71.7 Å². The third kappa shape index (κ3) is 6.04. The molecular weight excluding hydrogens is 596 g/mol. The number of piperazine rings is 1. The third-order valence-electron chi connectivity index (χ3n) is 6.36. The number of hydrogen-bond donors (Lipinski definition) is 2. The number of piperidine rings is 1. The average molecular weight is 624 g/mol. The van der Waals surface area contributed by atoms with Crippen molar-refractivity contribution in [2.24, 2.45) is 0 Å². The van der Waals surface area contributed by atoms with Crippen molar-refractivity contribution in [1.29, 1.82) is 0 Å². The van der Waals surface area contributed by atoms with Crippen LogP contribution < -0.4 is 10.6 Å². The van der Waals surface area contributed by atoms with Crippen LogP contribution in [0.5, 0.6) is 0 Å². The Kier molecular flexibility index (Phi) is 8.26. The maximum absolute atomic E-state index is 13.6. The predicted molar refractivity (Wildman–Crippen MR) is 143 cm³/mol. The first kappa shape index (κ1) is 26.5. The highest BCUT2D eigenvalue weighted by atomic mass is 79.9. The van der Waals surface area contributed by atoms with Gasteiger partial charge >= 0.3 is 0 Å². The first-order valence-corrected chi connectivity index (χ1v) is 13.4. The number of nitrogens with zero attached hydrogens (tertiary/aromatic N) is 4. The maximum Gasteiger partial charge on any atom is 0.294 e. The number of halogens is 2. The molecule has 2 aliphatic heterocycles. The quantitative estimate of drug-likeness (QED) is 0.381. The van der Waals surface area contributed by atoms with E-state index >= 15 is 0 Å². The van der Waals surface area contributed by atoms with Crippen LogP contribution in [0.3, 0.4) is 0 Å². The summed E-state index contributed by atoms with van der Waals surface area (Å²) >= 11 is 6.69.